The number of aliphatic carboxylic acids is 1. The number of carbonyl (C=O) groups is 1. The Labute approximate surface area is 247 Å². The van der Waals surface area contributed by atoms with Gasteiger partial charge in [-0.25, -0.2) is 14.5 Å². The zero-order chi connectivity index (χ0) is 30.2. The molecule has 3 atom stereocenters. The van der Waals surface area contributed by atoms with Gasteiger partial charge in [-0.2, -0.15) is 18.3 Å². The molecule has 0 amide bonds. The third-order valence-electron chi connectivity index (χ3n) is 7.74. The Morgan fingerprint density at radius 3 is 2.30 bits per heavy atom. The van der Waals surface area contributed by atoms with E-state index in [-0.39, 0.29) is 0 Å². The molecule has 0 bridgehead atoms. The number of anilines is 2. The molecule has 6 rings (SSSR count). The van der Waals surface area contributed by atoms with Gasteiger partial charge in [-0.05, 0) is 56.0 Å². The van der Waals surface area contributed by atoms with Gasteiger partial charge < -0.3 is 25.1 Å². The molecule has 3 heterocycles. The topological polar surface area (TPSA) is 108 Å². The Bertz CT molecular complexity index is 1430. The molecule has 1 saturated carbocycles. The number of benzene rings is 2. The second-order valence-corrected chi connectivity index (χ2v) is 10.8. The normalized spacial score (nSPS) is 20.6. The number of halogens is 3. The van der Waals surface area contributed by atoms with Crippen LogP contribution in [0.1, 0.15) is 38.5 Å². The van der Waals surface area contributed by atoms with Crippen LogP contribution in [0.2, 0.25) is 0 Å². The molecule has 1 aliphatic carbocycles. The van der Waals surface area contributed by atoms with Crippen LogP contribution in [0.4, 0.5) is 24.9 Å². The van der Waals surface area contributed by atoms with Crippen molar-refractivity contribution in [1.82, 2.24) is 20.1 Å². The standard InChI is InChI=1S/C29H34N6O.C2HF3O2/c1-2-8-22(9-3-1)28-20-30-29(36-28)33-27-12-5-4-11-26(27)32-23-10-6-18-34(21-23)24-13-15-25(16-14-24)35-19-7-17-31-35;3-2(4,5)1(6)7/h1-3,7-9,13-17,19-20,23,26-27,32H,4-6,10-12,18,21H2,(H,30,33);(H,6,7)/t23-,26+,27+;/m0./s1. The van der Waals surface area contributed by atoms with Crippen molar-refractivity contribution < 1.29 is 27.5 Å². The zero-order valence-corrected chi connectivity index (χ0v) is 23.6. The summed E-state index contributed by atoms with van der Waals surface area (Å²) in [6.07, 6.45) is 7.75. The Kier molecular flexibility index (Phi) is 9.65. The van der Waals surface area contributed by atoms with Crippen molar-refractivity contribution in [2.45, 2.75) is 62.8 Å². The minimum atomic E-state index is -5.08. The molecule has 3 N–H and O–H groups in total. The highest BCUT2D eigenvalue weighted by atomic mass is 19.4. The fraction of sp³-hybridized carbons (Fsp3) is 0.387. The van der Waals surface area contributed by atoms with E-state index in [4.69, 9.17) is 14.3 Å². The van der Waals surface area contributed by atoms with Crippen molar-refractivity contribution in [3.8, 4) is 17.0 Å². The smallest absolute Gasteiger partial charge is 0.475 e. The third kappa shape index (κ3) is 8.16. The maximum absolute atomic E-state index is 10.6. The summed E-state index contributed by atoms with van der Waals surface area (Å²) in [6, 6.07) is 22.7. The summed E-state index contributed by atoms with van der Waals surface area (Å²) in [7, 11) is 0. The second-order valence-electron chi connectivity index (χ2n) is 10.8. The van der Waals surface area contributed by atoms with Gasteiger partial charge in [-0.1, -0.05) is 43.2 Å². The molecule has 9 nitrogen and oxygen atoms in total. The first kappa shape index (κ1) is 30.1. The number of nitrogens with zero attached hydrogens (tertiary/aromatic N) is 4. The summed E-state index contributed by atoms with van der Waals surface area (Å²) < 4.78 is 39.7. The van der Waals surface area contributed by atoms with Gasteiger partial charge in [0.1, 0.15) is 0 Å². The average molecular weight is 597 g/mol. The summed E-state index contributed by atoms with van der Waals surface area (Å²) in [5.74, 6) is -1.95. The number of hydrogen-bond acceptors (Lipinski definition) is 7. The van der Waals surface area contributed by atoms with E-state index >= 15 is 0 Å². The van der Waals surface area contributed by atoms with Gasteiger partial charge in [0.2, 0.25) is 0 Å². The van der Waals surface area contributed by atoms with Gasteiger partial charge in [0.25, 0.3) is 6.01 Å². The Morgan fingerprint density at radius 1 is 0.930 bits per heavy atom. The highest BCUT2D eigenvalue weighted by Crippen LogP contribution is 2.28. The Balaban J connectivity index is 0.000000472. The summed E-state index contributed by atoms with van der Waals surface area (Å²) in [5, 5.41) is 19.1. The van der Waals surface area contributed by atoms with E-state index in [0.29, 0.717) is 24.1 Å². The lowest BCUT2D eigenvalue weighted by molar-refractivity contribution is -0.192. The van der Waals surface area contributed by atoms with Crippen LogP contribution in [-0.4, -0.2) is 63.2 Å². The molecule has 1 aliphatic heterocycles. The molecule has 2 aromatic carbocycles. The summed E-state index contributed by atoms with van der Waals surface area (Å²) in [5.41, 5.74) is 3.42. The van der Waals surface area contributed by atoms with Crippen LogP contribution in [0.3, 0.4) is 0 Å². The molecule has 2 aromatic heterocycles. The first-order chi connectivity index (χ1) is 20.8. The third-order valence-corrected chi connectivity index (χ3v) is 7.74. The minimum Gasteiger partial charge on any atom is -0.475 e. The quantitative estimate of drug-likeness (QED) is 0.234. The minimum absolute atomic E-state index is 0.324. The molecular weight excluding hydrogens is 561 g/mol. The number of rotatable bonds is 7. The number of carboxylic acids is 1. The van der Waals surface area contributed by atoms with Crippen LogP contribution in [0, 0.1) is 0 Å². The average Bonchev–Trinajstić information content (AvgIpc) is 3.72. The number of carboxylic acid groups (broad SMARTS) is 1. The molecule has 1 saturated heterocycles. The Hall–Kier alpha value is -4.32. The van der Waals surface area contributed by atoms with Crippen LogP contribution in [0.15, 0.2) is 83.7 Å². The Morgan fingerprint density at radius 2 is 1.63 bits per heavy atom. The van der Waals surface area contributed by atoms with Gasteiger partial charge in [-0.15, -0.1) is 0 Å². The van der Waals surface area contributed by atoms with Crippen molar-refractivity contribution >= 4 is 17.7 Å². The van der Waals surface area contributed by atoms with Gasteiger partial charge in [-0.3, -0.25) is 0 Å². The predicted molar refractivity (Wildman–Crippen MR) is 157 cm³/mol. The number of nitrogens with one attached hydrogen (secondary N) is 2. The maximum Gasteiger partial charge on any atom is 0.490 e. The van der Waals surface area contributed by atoms with Gasteiger partial charge in [0, 0.05) is 54.9 Å². The highest BCUT2D eigenvalue weighted by Gasteiger charge is 2.38. The molecule has 0 unspecified atom stereocenters. The molecule has 43 heavy (non-hydrogen) atoms. The van der Waals surface area contributed by atoms with E-state index in [2.05, 4.69) is 62.0 Å². The number of aromatic nitrogens is 3. The highest BCUT2D eigenvalue weighted by molar-refractivity contribution is 5.73. The molecule has 0 spiro atoms. The van der Waals surface area contributed by atoms with E-state index in [1.54, 1.807) is 0 Å². The summed E-state index contributed by atoms with van der Waals surface area (Å²) in [6.45, 7) is 2.13. The number of oxazole rings is 1. The molecular formula is C31H35F3N6O3. The summed E-state index contributed by atoms with van der Waals surface area (Å²) >= 11 is 0. The number of piperidine rings is 1. The van der Waals surface area contributed by atoms with Crippen LogP contribution in [-0.2, 0) is 4.79 Å². The zero-order valence-electron chi connectivity index (χ0n) is 23.6. The lowest BCUT2D eigenvalue weighted by Crippen LogP contribution is -2.54. The molecule has 4 aromatic rings. The van der Waals surface area contributed by atoms with Crippen molar-refractivity contribution in [2.75, 3.05) is 23.3 Å². The molecule has 2 aliphatic rings. The molecule has 2 fully saturated rings. The summed E-state index contributed by atoms with van der Waals surface area (Å²) in [4.78, 5) is 15.9. The number of hydrogen-bond donors (Lipinski definition) is 3. The monoisotopic (exact) mass is 596 g/mol. The van der Waals surface area contributed by atoms with E-state index in [1.165, 1.54) is 37.8 Å². The van der Waals surface area contributed by atoms with Gasteiger partial charge >= 0.3 is 12.1 Å². The van der Waals surface area contributed by atoms with Crippen LogP contribution >= 0.6 is 0 Å². The van der Waals surface area contributed by atoms with Crippen molar-refractivity contribution in [1.29, 1.82) is 0 Å². The van der Waals surface area contributed by atoms with E-state index < -0.39 is 12.1 Å². The molecule has 228 valence electrons. The SMILES string of the molecule is O=C(O)C(F)(F)F.c1ccc(-c2cnc(N[C@@H]3CCCC[C@H]3N[C@H]3CCCN(c4ccc(-n5cccn5)cc4)C3)o2)cc1. The van der Waals surface area contributed by atoms with Crippen LogP contribution in [0.5, 0.6) is 0 Å². The lowest BCUT2D eigenvalue weighted by atomic mass is 9.89. The molecule has 0 radical (unpaired) electrons. The fourth-order valence-electron chi connectivity index (χ4n) is 5.63. The first-order valence-electron chi connectivity index (χ1n) is 14.5. The first-order valence-corrected chi connectivity index (χ1v) is 14.5. The maximum atomic E-state index is 10.6. The van der Waals surface area contributed by atoms with E-state index in [0.717, 1.165) is 36.5 Å². The van der Waals surface area contributed by atoms with Crippen LogP contribution in [0.25, 0.3) is 17.0 Å². The van der Waals surface area contributed by atoms with Crippen molar-refractivity contribution in [2.24, 2.45) is 0 Å². The second kappa shape index (κ2) is 13.8. The largest absolute Gasteiger partial charge is 0.490 e. The van der Waals surface area contributed by atoms with Gasteiger partial charge in [0.15, 0.2) is 5.76 Å². The van der Waals surface area contributed by atoms with E-state index in [9.17, 15) is 13.2 Å². The van der Waals surface area contributed by atoms with Gasteiger partial charge in [0.05, 0.1) is 11.9 Å². The van der Waals surface area contributed by atoms with Crippen LogP contribution < -0.4 is 15.5 Å². The van der Waals surface area contributed by atoms with E-state index in [1.807, 2.05) is 47.5 Å². The lowest BCUT2D eigenvalue weighted by Gasteiger charge is -2.40. The molecule has 12 heteroatoms. The number of alkyl halides is 3. The predicted octanol–water partition coefficient (Wildman–Crippen LogP) is 6.14. The van der Waals surface area contributed by atoms with Crippen molar-refractivity contribution in [3.05, 3.63) is 79.3 Å². The fourth-order valence-corrected chi connectivity index (χ4v) is 5.63. The van der Waals surface area contributed by atoms with Crippen molar-refractivity contribution in [3.63, 3.8) is 0 Å².